The number of carboxylic acid groups (broad SMARTS) is 1. The number of aliphatic carboxylic acids is 1. The van der Waals surface area contributed by atoms with Crippen LogP contribution in [0.5, 0.6) is 0 Å². The highest BCUT2D eigenvalue weighted by Gasteiger charge is 2.43. The monoisotopic (exact) mass is 338 g/mol. The number of hydrogen-bond donors (Lipinski definition) is 3. The highest BCUT2D eigenvalue weighted by atomic mass is 19.4. The minimum atomic E-state index is -5.05. The summed E-state index contributed by atoms with van der Waals surface area (Å²) in [5, 5.41) is 10.9. The fourth-order valence-corrected chi connectivity index (χ4v) is 2.40. The van der Waals surface area contributed by atoms with Gasteiger partial charge in [-0.05, 0) is 25.3 Å². The minimum Gasteiger partial charge on any atom is -0.478 e. The van der Waals surface area contributed by atoms with Crippen molar-refractivity contribution >= 4 is 11.9 Å². The summed E-state index contributed by atoms with van der Waals surface area (Å²) in [5.41, 5.74) is 5.75. The number of carbonyl (C=O) groups is 2. The maximum atomic E-state index is 12.5. The average Bonchev–Trinajstić information content (AvgIpc) is 2.45. The Balaban J connectivity index is 3.03. The van der Waals surface area contributed by atoms with E-state index in [0.29, 0.717) is 12.8 Å². The normalized spacial score (nSPS) is 25.2. The van der Waals surface area contributed by atoms with E-state index in [1.165, 1.54) is 6.08 Å². The molecular weight excluding hydrogens is 317 g/mol. The van der Waals surface area contributed by atoms with Crippen LogP contribution in [-0.2, 0) is 14.3 Å². The van der Waals surface area contributed by atoms with Crippen LogP contribution in [0.15, 0.2) is 11.6 Å². The molecule has 0 fully saturated rings. The van der Waals surface area contributed by atoms with Gasteiger partial charge in [-0.15, -0.1) is 0 Å². The van der Waals surface area contributed by atoms with Crippen LogP contribution < -0.4 is 11.1 Å². The number of amides is 1. The Morgan fingerprint density at radius 2 is 2.00 bits per heavy atom. The van der Waals surface area contributed by atoms with Crippen molar-refractivity contribution in [3.8, 4) is 0 Å². The topological polar surface area (TPSA) is 102 Å². The van der Waals surface area contributed by atoms with Crippen molar-refractivity contribution in [3.05, 3.63) is 11.6 Å². The molecule has 1 rings (SSSR count). The summed E-state index contributed by atoms with van der Waals surface area (Å²) in [5.74, 6) is -3.33. The van der Waals surface area contributed by atoms with E-state index in [2.05, 4.69) is 0 Å². The van der Waals surface area contributed by atoms with Crippen molar-refractivity contribution in [2.75, 3.05) is 0 Å². The van der Waals surface area contributed by atoms with E-state index in [1.54, 1.807) is 0 Å². The lowest BCUT2D eigenvalue weighted by atomic mass is 9.88. The number of carboxylic acids is 1. The number of nitrogens with two attached hydrogens (primary N) is 1. The second-order valence-corrected chi connectivity index (χ2v) is 5.40. The molecule has 23 heavy (non-hydrogen) atoms. The third-order valence-electron chi connectivity index (χ3n) is 3.73. The molecule has 6 nitrogen and oxygen atoms in total. The van der Waals surface area contributed by atoms with Gasteiger partial charge in [0.05, 0.1) is 18.2 Å². The molecule has 0 aromatic carbocycles. The molecule has 0 saturated carbocycles. The van der Waals surface area contributed by atoms with E-state index < -0.39 is 36.2 Å². The van der Waals surface area contributed by atoms with Gasteiger partial charge in [-0.3, -0.25) is 4.79 Å². The summed E-state index contributed by atoms with van der Waals surface area (Å²) < 4.78 is 43.0. The summed E-state index contributed by atoms with van der Waals surface area (Å²) >= 11 is 0. The molecule has 0 spiro atoms. The number of rotatable bonds is 6. The molecule has 0 radical (unpaired) electrons. The number of alkyl halides is 3. The molecule has 0 aliphatic heterocycles. The van der Waals surface area contributed by atoms with Crippen LogP contribution in [-0.4, -0.2) is 47.5 Å². The van der Waals surface area contributed by atoms with E-state index in [-0.39, 0.29) is 18.1 Å². The van der Waals surface area contributed by atoms with Gasteiger partial charge in [0, 0.05) is 11.6 Å². The van der Waals surface area contributed by atoms with Crippen LogP contribution >= 0.6 is 0 Å². The fourth-order valence-electron chi connectivity index (χ4n) is 2.40. The first-order chi connectivity index (χ1) is 10.6. The van der Waals surface area contributed by atoms with Crippen molar-refractivity contribution in [1.29, 1.82) is 0 Å². The SMILES string of the molecule is CCC(CC)OC1C=C(C(=O)O)CC(N)C1NC(=O)C(F)(F)F. The number of hydrogen-bond acceptors (Lipinski definition) is 4. The summed E-state index contributed by atoms with van der Waals surface area (Å²) in [6.45, 7) is 3.67. The van der Waals surface area contributed by atoms with Crippen molar-refractivity contribution in [2.45, 2.75) is 63.6 Å². The molecule has 0 aromatic rings. The summed E-state index contributed by atoms with van der Waals surface area (Å²) in [6, 6.07) is -2.13. The lowest BCUT2D eigenvalue weighted by Gasteiger charge is -2.36. The van der Waals surface area contributed by atoms with E-state index in [9.17, 15) is 22.8 Å². The minimum absolute atomic E-state index is 0.0361. The standard InChI is InChI=1S/C14H21F3N2O4/c1-3-8(4-2)23-10-6-7(12(20)21)5-9(18)11(10)19-13(22)14(15,16)17/h6,8-11H,3-5,18H2,1-2H3,(H,19,22)(H,20,21). The number of carbonyl (C=O) groups excluding carboxylic acids is 1. The Kier molecular flexibility index (Phi) is 6.57. The Hall–Kier alpha value is -1.61. The lowest BCUT2D eigenvalue weighted by molar-refractivity contribution is -0.175. The van der Waals surface area contributed by atoms with E-state index in [0.717, 1.165) is 0 Å². The summed E-state index contributed by atoms with van der Waals surface area (Å²) in [6.07, 6.45) is -4.08. The zero-order valence-corrected chi connectivity index (χ0v) is 12.9. The van der Waals surface area contributed by atoms with E-state index in [1.807, 2.05) is 19.2 Å². The molecule has 4 N–H and O–H groups in total. The Bertz CT molecular complexity index is 475. The van der Waals surface area contributed by atoms with Crippen LogP contribution in [0.25, 0.3) is 0 Å². The van der Waals surface area contributed by atoms with Crippen LogP contribution in [0.4, 0.5) is 13.2 Å². The van der Waals surface area contributed by atoms with Gasteiger partial charge in [0.15, 0.2) is 0 Å². The number of ether oxygens (including phenoxy) is 1. The van der Waals surface area contributed by atoms with Gasteiger partial charge in [-0.2, -0.15) is 13.2 Å². The summed E-state index contributed by atoms with van der Waals surface area (Å²) in [7, 11) is 0. The van der Waals surface area contributed by atoms with Gasteiger partial charge in [-0.25, -0.2) is 4.79 Å². The molecule has 1 amide bonds. The zero-order chi connectivity index (χ0) is 17.8. The molecule has 0 aromatic heterocycles. The van der Waals surface area contributed by atoms with Crippen molar-refractivity contribution in [1.82, 2.24) is 5.32 Å². The van der Waals surface area contributed by atoms with Crippen molar-refractivity contribution in [3.63, 3.8) is 0 Å². The molecule has 0 saturated heterocycles. The number of nitrogens with one attached hydrogen (secondary N) is 1. The quantitative estimate of drug-likeness (QED) is 0.678. The molecule has 9 heteroatoms. The third-order valence-corrected chi connectivity index (χ3v) is 3.73. The van der Waals surface area contributed by atoms with Crippen molar-refractivity contribution in [2.24, 2.45) is 5.73 Å². The highest BCUT2D eigenvalue weighted by Crippen LogP contribution is 2.24. The second kappa shape index (κ2) is 7.78. The predicted octanol–water partition coefficient (Wildman–Crippen LogP) is 1.35. The van der Waals surface area contributed by atoms with Crippen molar-refractivity contribution < 1.29 is 32.6 Å². The predicted molar refractivity (Wildman–Crippen MR) is 75.5 cm³/mol. The molecule has 3 atom stereocenters. The van der Waals surface area contributed by atoms with E-state index in [4.69, 9.17) is 15.6 Å². The summed E-state index contributed by atoms with van der Waals surface area (Å²) in [4.78, 5) is 22.3. The Morgan fingerprint density at radius 1 is 1.43 bits per heavy atom. The zero-order valence-electron chi connectivity index (χ0n) is 12.9. The van der Waals surface area contributed by atoms with Crippen LogP contribution in [0, 0.1) is 0 Å². The Labute approximate surface area is 131 Å². The molecule has 132 valence electrons. The smallest absolute Gasteiger partial charge is 0.471 e. The third kappa shape index (κ3) is 5.21. The first-order valence-electron chi connectivity index (χ1n) is 7.32. The van der Waals surface area contributed by atoms with Gasteiger partial charge < -0.3 is 20.9 Å². The van der Waals surface area contributed by atoms with Crippen LogP contribution in [0.2, 0.25) is 0 Å². The number of halogens is 3. The van der Waals surface area contributed by atoms with E-state index >= 15 is 0 Å². The fraction of sp³-hybridized carbons (Fsp3) is 0.714. The van der Waals surface area contributed by atoms with Crippen LogP contribution in [0.3, 0.4) is 0 Å². The molecule has 0 heterocycles. The van der Waals surface area contributed by atoms with Gasteiger partial charge in [0.1, 0.15) is 0 Å². The van der Waals surface area contributed by atoms with Gasteiger partial charge in [0.25, 0.3) is 0 Å². The lowest BCUT2D eigenvalue weighted by Crippen LogP contribution is -2.59. The Morgan fingerprint density at radius 3 is 2.43 bits per heavy atom. The molecule has 1 aliphatic rings. The van der Waals surface area contributed by atoms with Gasteiger partial charge in [0.2, 0.25) is 0 Å². The van der Waals surface area contributed by atoms with Crippen LogP contribution in [0.1, 0.15) is 33.1 Å². The second-order valence-electron chi connectivity index (χ2n) is 5.40. The highest BCUT2D eigenvalue weighted by molar-refractivity contribution is 5.87. The maximum Gasteiger partial charge on any atom is 0.471 e. The maximum absolute atomic E-state index is 12.5. The van der Waals surface area contributed by atoms with Gasteiger partial charge >= 0.3 is 18.1 Å². The molecule has 1 aliphatic carbocycles. The molecule has 0 bridgehead atoms. The first kappa shape index (κ1) is 19.4. The molecule has 3 unspecified atom stereocenters. The molecular formula is C14H21F3N2O4. The average molecular weight is 338 g/mol. The first-order valence-corrected chi connectivity index (χ1v) is 7.32. The van der Waals surface area contributed by atoms with Gasteiger partial charge in [-0.1, -0.05) is 13.8 Å². The largest absolute Gasteiger partial charge is 0.478 e.